The molecule has 1 unspecified atom stereocenters. The molecule has 34 heavy (non-hydrogen) atoms. The summed E-state index contributed by atoms with van der Waals surface area (Å²) in [6.07, 6.45) is 0. The number of carbonyl (C=O) groups is 1. The van der Waals surface area contributed by atoms with Crippen molar-refractivity contribution in [2.75, 3.05) is 32.8 Å². The Morgan fingerprint density at radius 3 is 2.65 bits per heavy atom. The Labute approximate surface area is 204 Å². The predicted molar refractivity (Wildman–Crippen MR) is 131 cm³/mol. The van der Waals surface area contributed by atoms with E-state index in [2.05, 4.69) is 16.3 Å². The van der Waals surface area contributed by atoms with Crippen LogP contribution >= 0.6 is 11.6 Å². The number of hydrogen-bond acceptors (Lipinski definition) is 5. The molecule has 1 aliphatic heterocycles. The zero-order chi connectivity index (χ0) is 23.8. The molecular weight excluding hydrogens is 450 g/mol. The van der Waals surface area contributed by atoms with Crippen molar-refractivity contribution in [2.45, 2.75) is 12.6 Å². The van der Waals surface area contributed by atoms with Crippen LogP contribution in [0.5, 0.6) is 5.75 Å². The van der Waals surface area contributed by atoms with Crippen molar-refractivity contribution in [3.63, 3.8) is 0 Å². The Morgan fingerprint density at radius 2 is 1.85 bits per heavy atom. The summed E-state index contributed by atoms with van der Waals surface area (Å²) in [6, 6.07) is 24.2. The summed E-state index contributed by atoms with van der Waals surface area (Å²) in [4.78, 5) is 15.3. The summed E-state index contributed by atoms with van der Waals surface area (Å²) in [5.74, 6) is 0.379. The fraction of sp³-hybridized carbons (Fsp3) is 0.259. The number of halogens is 1. The third-order valence-corrected chi connectivity index (χ3v) is 6.18. The highest BCUT2D eigenvalue weighted by atomic mass is 35.5. The maximum atomic E-state index is 13.0. The normalized spacial score (nSPS) is 14.7. The molecule has 1 saturated heterocycles. The first-order chi connectivity index (χ1) is 16.7. The summed E-state index contributed by atoms with van der Waals surface area (Å²) < 4.78 is 11.4. The van der Waals surface area contributed by atoms with Crippen LogP contribution in [-0.4, -0.2) is 43.7 Å². The van der Waals surface area contributed by atoms with Gasteiger partial charge in [-0.15, -0.1) is 0 Å². The Bertz CT molecular complexity index is 1170. The molecule has 3 aromatic rings. The van der Waals surface area contributed by atoms with Crippen molar-refractivity contribution in [3.8, 4) is 11.8 Å². The van der Waals surface area contributed by atoms with Gasteiger partial charge >= 0.3 is 0 Å². The van der Waals surface area contributed by atoms with Gasteiger partial charge in [0.25, 0.3) is 5.91 Å². The van der Waals surface area contributed by atoms with Crippen LogP contribution in [0.15, 0.2) is 72.8 Å². The molecule has 0 saturated carbocycles. The molecule has 0 bridgehead atoms. The van der Waals surface area contributed by atoms with Gasteiger partial charge in [0.1, 0.15) is 12.4 Å². The van der Waals surface area contributed by atoms with Crippen LogP contribution < -0.4 is 10.1 Å². The minimum Gasteiger partial charge on any atom is -0.489 e. The molecule has 0 aliphatic carbocycles. The lowest BCUT2D eigenvalue weighted by Crippen LogP contribution is -2.44. The van der Waals surface area contributed by atoms with Crippen LogP contribution in [-0.2, 0) is 11.3 Å². The van der Waals surface area contributed by atoms with E-state index in [0.717, 1.165) is 24.2 Å². The number of hydrogen-bond donors (Lipinski definition) is 1. The van der Waals surface area contributed by atoms with E-state index in [1.54, 1.807) is 30.3 Å². The number of nitriles is 1. The summed E-state index contributed by atoms with van der Waals surface area (Å²) in [5, 5.41) is 13.0. The predicted octanol–water partition coefficient (Wildman–Crippen LogP) is 4.59. The summed E-state index contributed by atoms with van der Waals surface area (Å²) >= 11 is 6.49. The van der Waals surface area contributed by atoms with Crippen molar-refractivity contribution in [2.24, 2.45) is 0 Å². The van der Waals surface area contributed by atoms with Crippen molar-refractivity contribution in [3.05, 3.63) is 100 Å². The van der Waals surface area contributed by atoms with Crippen molar-refractivity contribution >= 4 is 17.5 Å². The molecule has 1 fully saturated rings. The third-order valence-electron chi connectivity index (χ3n) is 5.84. The number of nitrogens with zero attached hydrogens (tertiary/aromatic N) is 2. The maximum Gasteiger partial charge on any atom is 0.251 e. The summed E-state index contributed by atoms with van der Waals surface area (Å²) in [5.41, 5.74) is 2.86. The maximum absolute atomic E-state index is 13.0. The largest absolute Gasteiger partial charge is 0.489 e. The molecule has 1 atom stereocenters. The van der Waals surface area contributed by atoms with E-state index in [9.17, 15) is 10.1 Å². The number of ether oxygens (including phenoxy) is 2. The second kappa shape index (κ2) is 11.7. The smallest absolute Gasteiger partial charge is 0.251 e. The quantitative estimate of drug-likeness (QED) is 0.515. The summed E-state index contributed by atoms with van der Waals surface area (Å²) in [7, 11) is 0. The molecule has 0 spiro atoms. The van der Waals surface area contributed by atoms with Gasteiger partial charge in [-0.05, 0) is 35.9 Å². The van der Waals surface area contributed by atoms with Crippen molar-refractivity contribution < 1.29 is 14.3 Å². The van der Waals surface area contributed by atoms with Gasteiger partial charge in [0.05, 0.1) is 30.9 Å². The fourth-order valence-electron chi connectivity index (χ4n) is 4.01. The zero-order valence-corrected chi connectivity index (χ0v) is 19.5. The number of carbonyl (C=O) groups excluding carboxylic acids is 1. The number of nitrogens with one attached hydrogen (secondary N) is 1. The van der Waals surface area contributed by atoms with Gasteiger partial charge in [0, 0.05) is 35.8 Å². The first-order valence-electron chi connectivity index (χ1n) is 11.2. The highest BCUT2D eigenvalue weighted by molar-refractivity contribution is 6.31. The highest BCUT2D eigenvalue weighted by Crippen LogP contribution is 2.28. The van der Waals surface area contributed by atoms with Gasteiger partial charge in [-0.25, -0.2) is 0 Å². The van der Waals surface area contributed by atoms with Gasteiger partial charge in [0.15, 0.2) is 0 Å². The van der Waals surface area contributed by atoms with Crippen LogP contribution in [0.4, 0.5) is 0 Å². The molecule has 0 radical (unpaired) electrons. The molecule has 1 amide bonds. The van der Waals surface area contributed by atoms with Gasteiger partial charge in [-0.1, -0.05) is 54.1 Å². The molecule has 174 valence electrons. The lowest BCUT2D eigenvalue weighted by atomic mass is 10.0. The molecule has 1 N–H and O–H groups in total. The number of amides is 1. The number of morpholine rings is 1. The lowest BCUT2D eigenvalue weighted by molar-refractivity contribution is 0.0162. The van der Waals surface area contributed by atoms with Crippen LogP contribution in [0.3, 0.4) is 0 Å². The van der Waals surface area contributed by atoms with Crippen molar-refractivity contribution in [1.82, 2.24) is 10.2 Å². The Balaban J connectivity index is 1.43. The molecule has 6 nitrogen and oxygen atoms in total. The molecule has 1 heterocycles. The van der Waals surface area contributed by atoms with E-state index in [1.807, 2.05) is 42.5 Å². The average Bonchev–Trinajstić information content (AvgIpc) is 2.89. The van der Waals surface area contributed by atoms with Gasteiger partial charge < -0.3 is 14.8 Å². The Kier molecular flexibility index (Phi) is 8.16. The SMILES string of the molecule is N#Cc1ccccc1COc1cccc(C(=O)NCC(c2ccccc2Cl)N2CCOCC2)c1. The van der Waals surface area contributed by atoms with Crippen LogP contribution in [0, 0.1) is 11.3 Å². The lowest BCUT2D eigenvalue weighted by Gasteiger charge is -2.35. The second-order valence-electron chi connectivity index (χ2n) is 7.98. The zero-order valence-electron chi connectivity index (χ0n) is 18.7. The molecular formula is C27H26ClN3O3. The van der Waals surface area contributed by atoms with Crippen LogP contribution in [0.1, 0.15) is 33.1 Å². The van der Waals surface area contributed by atoms with Gasteiger partial charge in [0.2, 0.25) is 0 Å². The van der Waals surface area contributed by atoms with E-state index < -0.39 is 0 Å². The minimum absolute atomic E-state index is 0.0523. The Morgan fingerprint density at radius 1 is 1.09 bits per heavy atom. The molecule has 0 aromatic heterocycles. The van der Waals surface area contributed by atoms with E-state index >= 15 is 0 Å². The van der Waals surface area contributed by atoms with Crippen LogP contribution in [0.2, 0.25) is 5.02 Å². The second-order valence-corrected chi connectivity index (χ2v) is 8.39. The first-order valence-corrected chi connectivity index (χ1v) is 11.6. The number of rotatable bonds is 8. The highest BCUT2D eigenvalue weighted by Gasteiger charge is 2.25. The van der Waals surface area contributed by atoms with E-state index in [0.29, 0.717) is 41.7 Å². The van der Waals surface area contributed by atoms with Gasteiger partial charge in [-0.3, -0.25) is 9.69 Å². The summed E-state index contributed by atoms with van der Waals surface area (Å²) in [6.45, 7) is 3.54. The fourth-order valence-corrected chi connectivity index (χ4v) is 4.27. The molecule has 1 aliphatic rings. The standard InChI is InChI=1S/C27H26ClN3O3/c28-25-11-4-3-10-24(25)26(31-12-14-33-15-13-31)18-30-27(32)20-8-5-9-23(16-20)34-19-22-7-2-1-6-21(22)17-29/h1-11,16,26H,12-15,18-19H2,(H,30,32). The third kappa shape index (κ3) is 5.95. The van der Waals surface area contributed by atoms with Gasteiger partial charge in [-0.2, -0.15) is 5.26 Å². The first kappa shape index (κ1) is 23.8. The van der Waals surface area contributed by atoms with E-state index in [-0.39, 0.29) is 18.6 Å². The van der Waals surface area contributed by atoms with Crippen molar-refractivity contribution in [1.29, 1.82) is 5.26 Å². The molecule has 3 aromatic carbocycles. The average molecular weight is 476 g/mol. The Hall–Kier alpha value is -3.37. The number of benzene rings is 3. The molecule has 7 heteroatoms. The molecule has 4 rings (SSSR count). The van der Waals surface area contributed by atoms with E-state index in [4.69, 9.17) is 21.1 Å². The monoisotopic (exact) mass is 475 g/mol. The van der Waals surface area contributed by atoms with E-state index in [1.165, 1.54) is 0 Å². The topological polar surface area (TPSA) is 74.6 Å². The minimum atomic E-state index is -0.187. The van der Waals surface area contributed by atoms with Crippen LogP contribution in [0.25, 0.3) is 0 Å².